The topological polar surface area (TPSA) is 21.8 Å². The second kappa shape index (κ2) is 4.19. The average molecular weight is 198 g/mol. The van der Waals surface area contributed by atoms with Crippen molar-refractivity contribution in [1.82, 2.24) is 0 Å². The highest BCUT2D eigenvalue weighted by Gasteiger charge is 2.45. The normalized spacial score (nSPS) is 48.6. The molecule has 5 unspecified atom stereocenters. The van der Waals surface area contributed by atoms with Crippen LogP contribution in [0.25, 0.3) is 0 Å². The van der Waals surface area contributed by atoms with E-state index in [0.29, 0.717) is 12.2 Å². The number of hydrogen-bond acceptors (Lipinski definition) is 2. The van der Waals surface area contributed by atoms with E-state index in [1.54, 1.807) is 0 Å². The highest BCUT2D eigenvalue weighted by atomic mass is 16.6. The largest absolute Gasteiger partial charge is 0.381 e. The van der Waals surface area contributed by atoms with Crippen LogP contribution in [0.1, 0.15) is 33.1 Å². The van der Waals surface area contributed by atoms with Gasteiger partial charge in [0.05, 0.1) is 18.8 Å². The minimum atomic E-state index is 0.583. The van der Waals surface area contributed by atoms with E-state index in [9.17, 15) is 0 Å². The van der Waals surface area contributed by atoms with Crippen molar-refractivity contribution < 1.29 is 9.47 Å². The highest BCUT2D eigenvalue weighted by molar-refractivity contribution is 4.95. The molecule has 0 N–H and O–H groups in total. The Morgan fingerprint density at radius 1 is 1.14 bits per heavy atom. The molecule has 3 aliphatic rings. The first-order chi connectivity index (χ1) is 6.72. The summed E-state index contributed by atoms with van der Waals surface area (Å²) in [4.78, 5) is 0. The zero-order valence-electron chi connectivity index (χ0n) is 9.53. The number of epoxide rings is 1. The predicted octanol–water partition coefficient (Wildman–Crippen LogP) is 2.47. The van der Waals surface area contributed by atoms with Gasteiger partial charge in [0.1, 0.15) is 0 Å². The molecule has 1 heterocycles. The summed E-state index contributed by atoms with van der Waals surface area (Å²) in [5.74, 6) is 2.74. The van der Waals surface area contributed by atoms with Crippen LogP contribution in [0.5, 0.6) is 0 Å². The van der Waals surface area contributed by atoms with Gasteiger partial charge < -0.3 is 9.47 Å². The highest BCUT2D eigenvalue weighted by Crippen LogP contribution is 2.49. The lowest BCUT2D eigenvalue weighted by atomic mass is 9.88. The van der Waals surface area contributed by atoms with Crippen molar-refractivity contribution in [3.63, 3.8) is 0 Å². The van der Waals surface area contributed by atoms with Crippen molar-refractivity contribution >= 4 is 0 Å². The van der Waals surface area contributed by atoms with E-state index >= 15 is 0 Å². The van der Waals surface area contributed by atoms with Gasteiger partial charge in [-0.25, -0.2) is 0 Å². The summed E-state index contributed by atoms with van der Waals surface area (Å²) in [5.41, 5.74) is 0. The van der Waals surface area contributed by atoms with Crippen LogP contribution in [0.3, 0.4) is 0 Å². The molecule has 3 rings (SSSR count). The third-order valence-electron chi connectivity index (χ3n) is 4.01. The Labute approximate surface area is 87.0 Å². The molecule has 0 aromatic rings. The first-order valence-corrected chi connectivity index (χ1v) is 5.86. The van der Waals surface area contributed by atoms with Gasteiger partial charge >= 0.3 is 0 Å². The van der Waals surface area contributed by atoms with Crippen molar-refractivity contribution in [3.05, 3.63) is 0 Å². The van der Waals surface area contributed by atoms with Gasteiger partial charge in [-0.05, 0) is 43.9 Å². The molecule has 3 fully saturated rings. The molecule has 0 aromatic heterocycles. The molecule has 0 radical (unpaired) electrons. The van der Waals surface area contributed by atoms with Crippen LogP contribution >= 0.6 is 0 Å². The van der Waals surface area contributed by atoms with Crippen molar-refractivity contribution in [2.45, 2.75) is 45.3 Å². The molecule has 1 aliphatic heterocycles. The molecule has 2 bridgehead atoms. The minimum absolute atomic E-state index is 0.583. The van der Waals surface area contributed by atoms with E-state index in [-0.39, 0.29) is 0 Å². The van der Waals surface area contributed by atoms with Gasteiger partial charge in [-0.15, -0.1) is 0 Å². The molecule has 2 saturated carbocycles. The molecular formula is C12H22O2. The summed E-state index contributed by atoms with van der Waals surface area (Å²) in [5, 5.41) is 0. The molecular weight excluding hydrogens is 176 g/mol. The third kappa shape index (κ3) is 2.12. The maximum Gasteiger partial charge on any atom is 0.0781 e. The molecule has 0 aromatic carbocycles. The molecule has 0 amide bonds. The molecule has 5 atom stereocenters. The summed E-state index contributed by atoms with van der Waals surface area (Å²) in [7, 11) is 1.86. The third-order valence-corrected chi connectivity index (χ3v) is 4.01. The van der Waals surface area contributed by atoms with Gasteiger partial charge in [0, 0.05) is 7.11 Å². The number of hydrogen-bond donors (Lipinski definition) is 0. The Hall–Kier alpha value is -0.0800. The monoisotopic (exact) mass is 198 g/mol. The Morgan fingerprint density at radius 3 is 2.00 bits per heavy atom. The number of rotatable bonds is 1. The maximum atomic E-state index is 5.46. The average Bonchev–Trinajstić information content (AvgIpc) is 2.74. The molecule has 14 heavy (non-hydrogen) atoms. The molecule has 2 heteroatoms. The standard InChI is InChI=1S/C9H16O.C3H6O/c1-6-7-3-4-8(5-7)9(6)10-2;1-3-2-4-3/h6-9H,3-5H2,1-2H3;3H,2H2,1H3. The lowest BCUT2D eigenvalue weighted by Crippen LogP contribution is -2.26. The van der Waals surface area contributed by atoms with Gasteiger partial charge in [0.2, 0.25) is 0 Å². The fourth-order valence-corrected chi connectivity index (χ4v) is 3.03. The van der Waals surface area contributed by atoms with Crippen molar-refractivity contribution in [2.75, 3.05) is 13.7 Å². The SMILES string of the molecule is CC1CO1.COC1C2CCC(C2)C1C. The van der Waals surface area contributed by atoms with Crippen LogP contribution in [0, 0.1) is 17.8 Å². The van der Waals surface area contributed by atoms with Gasteiger partial charge in [0.25, 0.3) is 0 Å². The first kappa shape index (κ1) is 10.4. The second-order valence-corrected chi connectivity index (χ2v) is 5.04. The van der Waals surface area contributed by atoms with Crippen LogP contribution in [0.4, 0.5) is 0 Å². The maximum absolute atomic E-state index is 5.46. The number of ether oxygens (including phenoxy) is 2. The van der Waals surface area contributed by atoms with Crippen molar-refractivity contribution in [3.8, 4) is 0 Å². The van der Waals surface area contributed by atoms with Crippen molar-refractivity contribution in [2.24, 2.45) is 17.8 Å². The summed E-state index contributed by atoms with van der Waals surface area (Å²) in [6.07, 6.45) is 5.51. The van der Waals surface area contributed by atoms with Gasteiger partial charge in [-0.1, -0.05) is 6.92 Å². The molecule has 2 nitrogen and oxygen atoms in total. The quantitative estimate of drug-likeness (QED) is 0.604. The van der Waals surface area contributed by atoms with E-state index in [2.05, 4.69) is 13.8 Å². The molecule has 1 saturated heterocycles. The van der Waals surface area contributed by atoms with E-state index in [0.717, 1.165) is 24.4 Å². The van der Waals surface area contributed by atoms with Crippen LogP contribution < -0.4 is 0 Å². The fourth-order valence-electron chi connectivity index (χ4n) is 3.03. The predicted molar refractivity (Wildman–Crippen MR) is 56.2 cm³/mol. The van der Waals surface area contributed by atoms with Crippen LogP contribution in [-0.2, 0) is 9.47 Å². The Morgan fingerprint density at radius 2 is 1.71 bits per heavy atom. The Balaban J connectivity index is 0.000000157. The van der Waals surface area contributed by atoms with Gasteiger partial charge in [-0.3, -0.25) is 0 Å². The van der Waals surface area contributed by atoms with Crippen LogP contribution in [-0.4, -0.2) is 25.9 Å². The Bertz CT molecular complexity index is 187. The van der Waals surface area contributed by atoms with E-state index in [1.807, 2.05) is 7.11 Å². The van der Waals surface area contributed by atoms with Crippen LogP contribution in [0.2, 0.25) is 0 Å². The first-order valence-electron chi connectivity index (χ1n) is 5.86. The molecule has 2 aliphatic carbocycles. The van der Waals surface area contributed by atoms with E-state index < -0.39 is 0 Å². The zero-order valence-corrected chi connectivity index (χ0v) is 9.53. The van der Waals surface area contributed by atoms with E-state index in [4.69, 9.17) is 9.47 Å². The number of fused-ring (bicyclic) bond motifs is 2. The summed E-state index contributed by atoms with van der Waals surface area (Å²) in [6.45, 7) is 5.39. The number of methoxy groups -OCH3 is 1. The molecule has 0 spiro atoms. The summed E-state index contributed by atoms with van der Waals surface area (Å²) >= 11 is 0. The lowest BCUT2D eigenvalue weighted by Gasteiger charge is -2.26. The van der Waals surface area contributed by atoms with Crippen molar-refractivity contribution in [1.29, 1.82) is 0 Å². The van der Waals surface area contributed by atoms with Gasteiger partial charge in [-0.2, -0.15) is 0 Å². The van der Waals surface area contributed by atoms with Gasteiger partial charge in [0.15, 0.2) is 0 Å². The second-order valence-electron chi connectivity index (χ2n) is 5.04. The zero-order chi connectivity index (χ0) is 10.1. The lowest BCUT2D eigenvalue weighted by molar-refractivity contribution is 0.0209. The Kier molecular flexibility index (Phi) is 3.13. The smallest absolute Gasteiger partial charge is 0.0781 e. The fraction of sp³-hybridized carbons (Fsp3) is 1.00. The summed E-state index contributed by atoms with van der Waals surface area (Å²) < 4.78 is 10.2. The molecule has 82 valence electrons. The van der Waals surface area contributed by atoms with Crippen LogP contribution in [0.15, 0.2) is 0 Å². The summed E-state index contributed by atoms with van der Waals surface area (Å²) in [6, 6.07) is 0. The minimum Gasteiger partial charge on any atom is -0.381 e. The van der Waals surface area contributed by atoms with E-state index in [1.165, 1.54) is 19.3 Å².